The van der Waals surface area contributed by atoms with Crippen LogP contribution in [0.5, 0.6) is 5.75 Å². The molecule has 0 aliphatic carbocycles. The average Bonchev–Trinajstić information content (AvgIpc) is 3.26. The Balaban J connectivity index is 1.70. The van der Waals surface area contributed by atoms with E-state index in [2.05, 4.69) is 11.4 Å². The summed E-state index contributed by atoms with van der Waals surface area (Å²) in [6.07, 6.45) is 9.76. The summed E-state index contributed by atoms with van der Waals surface area (Å²) in [5.74, 6) is 0.394. The molecule has 3 rings (SSSR count). The van der Waals surface area contributed by atoms with Gasteiger partial charge in [-0.05, 0) is 56.0 Å². The third-order valence-corrected chi connectivity index (χ3v) is 8.86. The predicted molar refractivity (Wildman–Crippen MR) is 175 cm³/mol. The normalized spacial score (nSPS) is 13.9. The van der Waals surface area contributed by atoms with Gasteiger partial charge in [-0.25, -0.2) is 0 Å². The van der Waals surface area contributed by atoms with Crippen molar-refractivity contribution < 1.29 is 19.4 Å². The van der Waals surface area contributed by atoms with Gasteiger partial charge < -0.3 is 15.2 Å². The molecule has 230 valence electrons. The maximum atomic E-state index is 13.4. The van der Waals surface area contributed by atoms with Crippen LogP contribution in [0.2, 0.25) is 0 Å². The van der Waals surface area contributed by atoms with Gasteiger partial charge in [0, 0.05) is 31.6 Å². The second kappa shape index (κ2) is 16.9. The van der Waals surface area contributed by atoms with Crippen molar-refractivity contribution in [3.8, 4) is 11.8 Å². The van der Waals surface area contributed by atoms with Crippen molar-refractivity contribution >= 4 is 52.1 Å². The highest BCUT2D eigenvalue weighted by molar-refractivity contribution is 8.26. The molecule has 1 aromatic carbocycles. The molecule has 0 atom stereocenters. The van der Waals surface area contributed by atoms with Crippen LogP contribution in [-0.2, 0) is 22.7 Å². The Kier molecular flexibility index (Phi) is 13.3. The lowest BCUT2D eigenvalue weighted by molar-refractivity contribution is -0.137. The van der Waals surface area contributed by atoms with Crippen LogP contribution in [0.1, 0.15) is 87.0 Å². The van der Waals surface area contributed by atoms with E-state index >= 15 is 0 Å². The number of thiocarbonyl (C=S) groups is 1. The van der Waals surface area contributed by atoms with Crippen molar-refractivity contribution in [1.29, 1.82) is 5.26 Å². The minimum atomic E-state index is -0.737. The van der Waals surface area contributed by atoms with E-state index in [4.69, 9.17) is 22.1 Å². The molecular formula is C32H40N4O5S2. The van der Waals surface area contributed by atoms with E-state index in [1.54, 1.807) is 25.0 Å². The van der Waals surface area contributed by atoms with Crippen LogP contribution < -0.4 is 15.6 Å². The molecule has 0 unspecified atom stereocenters. The number of benzene rings is 1. The number of ether oxygens (including phenoxy) is 1. The monoisotopic (exact) mass is 624 g/mol. The largest absolute Gasteiger partial charge is 0.497 e. The summed E-state index contributed by atoms with van der Waals surface area (Å²) in [5.41, 5.74) is 1.80. The second-order valence-electron chi connectivity index (χ2n) is 10.4. The van der Waals surface area contributed by atoms with Crippen LogP contribution in [0, 0.1) is 18.3 Å². The number of pyridine rings is 1. The first-order valence-electron chi connectivity index (χ1n) is 14.7. The average molecular weight is 625 g/mol. The van der Waals surface area contributed by atoms with Gasteiger partial charge in [0.1, 0.15) is 27.5 Å². The van der Waals surface area contributed by atoms with Crippen molar-refractivity contribution in [2.45, 2.75) is 84.7 Å². The molecule has 1 amide bonds. The molecule has 1 aliphatic heterocycles. The Morgan fingerprint density at radius 2 is 1.72 bits per heavy atom. The van der Waals surface area contributed by atoms with Crippen LogP contribution in [0.3, 0.4) is 0 Å². The van der Waals surface area contributed by atoms with Gasteiger partial charge in [-0.3, -0.25) is 23.9 Å². The van der Waals surface area contributed by atoms with Gasteiger partial charge in [-0.1, -0.05) is 74.6 Å². The Labute approximate surface area is 262 Å². The standard InChI is InChI=1S/C32H40N4O5S2/c1-4-35-29(34-21-23-14-16-24(41-3)17-15-23)25(22(2)26(20-33)30(35)39)19-27-31(40)36(32(42)43-27)18-12-10-8-6-5-7-9-11-13-28(37)38/h14-17,19,34H,4-13,18,21H2,1-3H3,(H,37,38)/b27-19+. The fraction of sp³-hybridized carbons (Fsp3) is 0.469. The molecular weight excluding hydrogens is 585 g/mol. The number of thioether (sulfide) groups is 1. The number of nitrogens with zero attached hydrogens (tertiary/aromatic N) is 3. The Hall–Kier alpha value is -3.62. The SMILES string of the molecule is CCn1c(NCc2ccc(OC)cc2)c(/C=C2/SC(=S)N(CCCCCCCCCCC(=O)O)C2=O)c(C)c(C#N)c1=O. The third-order valence-electron chi connectivity index (χ3n) is 7.48. The van der Waals surface area contributed by atoms with Gasteiger partial charge in [-0.2, -0.15) is 5.26 Å². The van der Waals surface area contributed by atoms with Gasteiger partial charge in [0.05, 0.1) is 12.0 Å². The van der Waals surface area contributed by atoms with Gasteiger partial charge in [0.2, 0.25) is 0 Å². The molecule has 1 fully saturated rings. The molecule has 2 aromatic rings. The number of carboxylic acid groups (broad SMARTS) is 1. The smallest absolute Gasteiger partial charge is 0.303 e. The number of hydrogen-bond acceptors (Lipinski definition) is 8. The Bertz CT molecular complexity index is 1440. The Morgan fingerprint density at radius 1 is 1.09 bits per heavy atom. The molecule has 2 heterocycles. The van der Waals surface area contributed by atoms with E-state index < -0.39 is 5.97 Å². The lowest BCUT2D eigenvalue weighted by Crippen LogP contribution is -2.29. The second-order valence-corrected chi connectivity index (χ2v) is 12.1. The van der Waals surface area contributed by atoms with E-state index in [1.165, 1.54) is 16.3 Å². The van der Waals surface area contributed by atoms with Gasteiger partial charge in [0.25, 0.3) is 11.5 Å². The molecule has 1 aliphatic rings. The molecule has 1 aromatic heterocycles. The summed E-state index contributed by atoms with van der Waals surface area (Å²) in [6.45, 7) is 4.90. The highest BCUT2D eigenvalue weighted by atomic mass is 32.2. The lowest BCUT2D eigenvalue weighted by Gasteiger charge is -2.19. The minimum absolute atomic E-state index is 0.0560. The van der Waals surface area contributed by atoms with Crippen LogP contribution in [0.25, 0.3) is 6.08 Å². The number of carboxylic acids is 1. The van der Waals surface area contributed by atoms with E-state index in [0.717, 1.165) is 62.7 Å². The number of carbonyl (C=O) groups is 2. The zero-order chi connectivity index (χ0) is 31.4. The molecule has 0 radical (unpaired) electrons. The molecule has 43 heavy (non-hydrogen) atoms. The molecule has 0 saturated carbocycles. The fourth-order valence-electron chi connectivity index (χ4n) is 5.02. The van der Waals surface area contributed by atoms with Crippen molar-refractivity contribution in [3.05, 3.63) is 61.8 Å². The molecule has 0 spiro atoms. The highest BCUT2D eigenvalue weighted by Crippen LogP contribution is 2.35. The van der Waals surface area contributed by atoms with Gasteiger partial charge >= 0.3 is 5.97 Å². The van der Waals surface area contributed by atoms with Gasteiger partial charge in [0.15, 0.2) is 0 Å². The maximum absolute atomic E-state index is 13.4. The van der Waals surface area contributed by atoms with E-state index in [1.807, 2.05) is 31.2 Å². The fourth-order valence-corrected chi connectivity index (χ4v) is 6.31. The third kappa shape index (κ3) is 9.18. The zero-order valence-corrected chi connectivity index (χ0v) is 26.7. The van der Waals surface area contributed by atoms with Crippen molar-refractivity contribution in [2.24, 2.45) is 0 Å². The number of carbonyl (C=O) groups excluding carboxylic acids is 1. The topological polar surface area (TPSA) is 125 Å². The first kappa shape index (κ1) is 33.9. The molecule has 9 nitrogen and oxygen atoms in total. The van der Waals surface area contributed by atoms with Crippen molar-refractivity contribution in [1.82, 2.24) is 9.47 Å². The van der Waals surface area contributed by atoms with E-state index in [-0.39, 0.29) is 23.5 Å². The summed E-state index contributed by atoms with van der Waals surface area (Å²) < 4.78 is 7.28. The number of anilines is 1. The van der Waals surface area contributed by atoms with Crippen molar-refractivity contribution in [3.63, 3.8) is 0 Å². The van der Waals surface area contributed by atoms with Crippen LogP contribution >= 0.6 is 24.0 Å². The molecule has 0 bridgehead atoms. The van der Waals surface area contributed by atoms with E-state index in [0.29, 0.717) is 45.8 Å². The number of unbranched alkanes of at least 4 members (excludes halogenated alkanes) is 7. The number of methoxy groups -OCH3 is 1. The number of hydrogen-bond donors (Lipinski definition) is 2. The maximum Gasteiger partial charge on any atom is 0.303 e. The first-order chi connectivity index (χ1) is 20.7. The summed E-state index contributed by atoms with van der Waals surface area (Å²) in [5, 5.41) is 21.9. The molecule has 2 N–H and O–H groups in total. The number of nitriles is 1. The lowest BCUT2D eigenvalue weighted by atomic mass is 10.0. The van der Waals surface area contributed by atoms with Crippen LogP contribution in [-0.4, -0.2) is 44.4 Å². The van der Waals surface area contributed by atoms with Crippen LogP contribution in [0.15, 0.2) is 34.0 Å². The highest BCUT2D eigenvalue weighted by Gasteiger charge is 2.32. The number of nitrogens with one attached hydrogen (secondary N) is 1. The first-order valence-corrected chi connectivity index (χ1v) is 16.0. The number of aliphatic carboxylic acids is 1. The number of aromatic nitrogens is 1. The van der Waals surface area contributed by atoms with Crippen LogP contribution in [0.4, 0.5) is 5.82 Å². The molecule has 11 heteroatoms. The summed E-state index contributed by atoms with van der Waals surface area (Å²) >= 11 is 6.80. The minimum Gasteiger partial charge on any atom is -0.497 e. The summed E-state index contributed by atoms with van der Waals surface area (Å²) in [4.78, 5) is 39.3. The number of amides is 1. The van der Waals surface area contributed by atoms with E-state index in [9.17, 15) is 19.6 Å². The molecule has 1 saturated heterocycles. The van der Waals surface area contributed by atoms with Crippen molar-refractivity contribution in [2.75, 3.05) is 19.0 Å². The number of rotatable bonds is 17. The van der Waals surface area contributed by atoms with Gasteiger partial charge in [-0.15, -0.1) is 0 Å². The summed E-state index contributed by atoms with van der Waals surface area (Å²) in [7, 11) is 1.61. The quantitative estimate of drug-likeness (QED) is 0.116. The zero-order valence-electron chi connectivity index (χ0n) is 25.1. The summed E-state index contributed by atoms with van der Waals surface area (Å²) in [6, 6.07) is 9.66. The Morgan fingerprint density at radius 3 is 2.30 bits per heavy atom. The predicted octanol–water partition coefficient (Wildman–Crippen LogP) is 6.47.